The molecule has 168 valence electrons. The molecule has 3 heterocycles. The summed E-state index contributed by atoms with van der Waals surface area (Å²) in [5.41, 5.74) is 0. The molecule has 0 aliphatic carbocycles. The standard InChI is InChI=1S/C12H15Cl2N3O2.C8H15NO2/c1-2-19-11(18)8-4-3-5-17(7-8)10-9(13)6-15-12(14)16-10;1-2-11-8(10)7-4-3-5-9-6-7/h6,8H,2-5,7H2,1H3;7,9H,2-6H2,1H3/t8-;7-/m00/s1. The molecule has 0 amide bonds. The first-order valence-corrected chi connectivity index (χ1v) is 11.2. The Morgan fingerprint density at radius 1 is 1.13 bits per heavy atom. The van der Waals surface area contributed by atoms with Gasteiger partial charge in [-0.15, -0.1) is 0 Å². The third-order valence-corrected chi connectivity index (χ3v) is 5.40. The van der Waals surface area contributed by atoms with Crippen molar-refractivity contribution < 1.29 is 19.1 Å². The maximum absolute atomic E-state index is 11.8. The van der Waals surface area contributed by atoms with Crippen LogP contribution in [0.2, 0.25) is 10.3 Å². The van der Waals surface area contributed by atoms with Crippen molar-refractivity contribution in [2.45, 2.75) is 39.5 Å². The average molecular weight is 461 g/mol. The number of anilines is 1. The fourth-order valence-corrected chi connectivity index (χ4v) is 3.83. The second kappa shape index (κ2) is 12.9. The average Bonchev–Trinajstić information content (AvgIpc) is 2.77. The monoisotopic (exact) mass is 460 g/mol. The van der Waals surface area contributed by atoms with Gasteiger partial charge < -0.3 is 19.7 Å². The molecule has 0 saturated carbocycles. The smallest absolute Gasteiger partial charge is 0.310 e. The van der Waals surface area contributed by atoms with Crippen LogP contribution in [-0.2, 0) is 19.1 Å². The van der Waals surface area contributed by atoms with Gasteiger partial charge in [-0.25, -0.2) is 4.98 Å². The molecule has 8 nitrogen and oxygen atoms in total. The SMILES string of the molecule is CCOC(=O)[C@H]1CCCN(c2nc(Cl)ncc2Cl)C1.CCOC(=O)[C@H]1CCCNC1. The quantitative estimate of drug-likeness (QED) is 0.528. The molecule has 1 aromatic heterocycles. The molecule has 0 spiro atoms. The Balaban J connectivity index is 0.000000248. The Labute approximate surface area is 187 Å². The van der Waals surface area contributed by atoms with E-state index in [9.17, 15) is 9.59 Å². The largest absolute Gasteiger partial charge is 0.466 e. The molecule has 2 atom stereocenters. The van der Waals surface area contributed by atoms with Crippen LogP contribution in [0.5, 0.6) is 0 Å². The van der Waals surface area contributed by atoms with Crippen LogP contribution in [0.3, 0.4) is 0 Å². The summed E-state index contributed by atoms with van der Waals surface area (Å²) in [5, 5.41) is 3.76. The van der Waals surface area contributed by atoms with E-state index in [0.29, 0.717) is 30.6 Å². The lowest BCUT2D eigenvalue weighted by atomic mass is 9.98. The highest BCUT2D eigenvalue weighted by molar-refractivity contribution is 6.33. The first kappa shape index (κ1) is 24.6. The third-order valence-electron chi connectivity index (χ3n) is 4.95. The number of carbonyl (C=O) groups is 2. The number of aromatic nitrogens is 2. The van der Waals surface area contributed by atoms with Crippen molar-refractivity contribution in [3.8, 4) is 0 Å². The van der Waals surface area contributed by atoms with E-state index in [1.54, 1.807) is 6.92 Å². The summed E-state index contributed by atoms with van der Waals surface area (Å²) >= 11 is 11.9. The summed E-state index contributed by atoms with van der Waals surface area (Å²) in [4.78, 5) is 32.8. The van der Waals surface area contributed by atoms with Crippen molar-refractivity contribution in [2.75, 3.05) is 44.3 Å². The Morgan fingerprint density at radius 3 is 2.43 bits per heavy atom. The molecule has 2 aliphatic rings. The number of piperidine rings is 2. The zero-order valence-electron chi connectivity index (χ0n) is 17.5. The molecular weight excluding hydrogens is 431 g/mol. The molecule has 2 fully saturated rings. The van der Waals surface area contributed by atoms with Crippen molar-refractivity contribution in [2.24, 2.45) is 11.8 Å². The fraction of sp³-hybridized carbons (Fsp3) is 0.700. The van der Waals surface area contributed by atoms with Gasteiger partial charge in [-0.2, -0.15) is 4.98 Å². The van der Waals surface area contributed by atoms with Crippen molar-refractivity contribution in [1.82, 2.24) is 15.3 Å². The summed E-state index contributed by atoms with van der Waals surface area (Å²) in [6, 6.07) is 0. The van der Waals surface area contributed by atoms with Crippen molar-refractivity contribution in [3.05, 3.63) is 16.5 Å². The lowest BCUT2D eigenvalue weighted by Crippen LogP contribution is -2.40. The van der Waals surface area contributed by atoms with Crippen LogP contribution in [0, 0.1) is 11.8 Å². The number of esters is 2. The molecule has 0 bridgehead atoms. The number of hydrogen-bond donors (Lipinski definition) is 1. The van der Waals surface area contributed by atoms with Gasteiger partial charge in [0.15, 0.2) is 5.82 Å². The Hall–Kier alpha value is -1.64. The van der Waals surface area contributed by atoms with E-state index in [4.69, 9.17) is 32.7 Å². The molecule has 2 aliphatic heterocycles. The van der Waals surface area contributed by atoms with Crippen LogP contribution in [0.15, 0.2) is 6.20 Å². The summed E-state index contributed by atoms with van der Waals surface area (Å²) in [6.45, 7) is 7.71. The van der Waals surface area contributed by atoms with Gasteiger partial charge in [-0.3, -0.25) is 9.59 Å². The van der Waals surface area contributed by atoms with E-state index in [-0.39, 0.29) is 29.1 Å². The van der Waals surface area contributed by atoms with Crippen LogP contribution >= 0.6 is 23.2 Å². The van der Waals surface area contributed by atoms with E-state index in [1.165, 1.54) is 6.20 Å². The van der Waals surface area contributed by atoms with Crippen LogP contribution in [0.1, 0.15) is 39.5 Å². The first-order valence-electron chi connectivity index (χ1n) is 10.4. The maximum Gasteiger partial charge on any atom is 0.310 e. The van der Waals surface area contributed by atoms with Gasteiger partial charge in [-0.05, 0) is 57.7 Å². The van der Waals surface area contributed by atoms with Gasteiger partial charge >= 0.3 is 11.9 Å². The molecule has 3 rings (SSSR count). The normalized spacial score (nSPS) is 21.3. The molecule has 1 N–H and O–H groups in total. The van der Waals surface area contributed by atoms with Gasteiger partial charge in [0.25, 0.3) is 0 Å². The maximum atomic E-state index is 11.8. The summed E-state index contributed by atoms with van der Waals surface area (Å²) in [6.07, 6.45) is 5.25. The number of ether oxygens (including phenoxy) is 2. The first-order chi connectivity index (χ1) is 14.5. The molecule has 1 aromatic rings. The highest BCUT2D eigenvalue weighted by Crippen LogP contribution is 2.28. The Morgan fingerprint density at radius 2 is 1.80 bits per heavy atom. The minimum Gasteiger partial charge on any atom is -0.466 e. The van der Waals surface area contributed by atoms with Crippen LogP contribution in [-0.4, -0.2) is 61.3 Å². The molecule has 2 saturated heterocycles. The second-order valence-corrected chi connectivity index (χ2v) is 7.89. The lowest BCUT2D eigenvalue weighted by molar-refractivity contribution is -0.149. The van der Waals surface area contributed by atoms with Gasteiger partial charge in [0.05, 0.1) is 31.2 Å². The third kappa shape index (κ3) is 7.56. The number of hydrogen-bond acceptors (Lipinski definition) is 8. The predicted octanol–water partition coefficient (Wildman–Crippen LogP) is 3.11. The van der Waals surface area contributed by atoms with Crippen molar-refractivity contribution in [1.29, 1.82) is 0 Å². The summed E-state index contributed by atoms with van der Waals surface area (Å²) in [5.74, 6) is 0.334. The number of nitrogens with one attached hydrogen (secondary N) is 1. The van der Waals surface area contributed by atoms with E-state index < -0.39 is 0 Å². The van der Waals surface area contributed by atoms with Gasteiger partial charge in [0, 0.05) is 19.6 Å². The highest BCUT2D eigenvalue weighted by Gasteiger charge is 2.28. The van der Waals surface area contributed by atoms with Gasteiger partial charge in [0.2, 0.25) is 5.28 Å². The molecule has 0 unspecified atom stereocenters. The van der Waals surface area contributed by atoms with Crippen LogP contribution in [0.4, 0.5) is 5.82 Å². The van der Waals surface area contributed by atoms with Gasteiger partial charge in [-0.1, -0.05) is 11.6 Å². The topological polar surface area (TPSA) is 93.7 Å². The molecule has 30 heavy (non-hydrogen) atoms. The lowest BCUT2D eigenvalue weighted by Gasteiger charge is -2.32. The number of nitrogens with zero attached hydrogens (tertiary/aromatic N) is 3. The highest BCUT2D eigenvalue weighted by atomic mass is 35.5. The number of rotatable bonds is 5. The number of halogens is 2. The van der Waals surface area contributed by atoms with Gasteiger partial charge in [0.1, 0.15) is 5.02 Å². The number of carbonyl (C=O) groups excluding carboxylic acids is 2. The zero-order chi connectivity index (χ0) is 21.9. The molecule has 0 radical (unpaired) electrons. The second-order valence-electron chi connectivity index (χ2n) is 7.14. The minimum atomic E-state index is -0.163. The van der Waals surface area contributed by atoms with E-state index >= 15 is 0 Å². The van der Waals surface area contributed by atoms with Crippen molar-refractivity contribution in [3.63, 3.8) is 0 Å². The Kier molecular flexibility index (Phi) is 10.6. The molecular formula is C20H30Cl2N4O4. The molecule has 10 heteroatoms. The van der Waals surface area contributed by atoms with E-state index in [2.05, 4.69) is 15.3 Å². The minimum absolute atomic E-state index is 0.0419. The van der Waals surface area contributed by atoms with E-state index in [1.807, 2.05) is 11.8 Å². The van der Waals surface area contributed by atoms with E-state index in [0.717, 1.165) is 45.3 Å². The predicted molar refractivity (Wildman–Crippen MR) is 116 cm³/mol. The zero-order valence-corrected chi connectivity index (χ0v) is 19.0. The summed E-state index contributed by atoms with van der Waals surface area (Å²) in [7, 11) is 0. The van der Waals surface area contributed by atoms with Crippen LogP contribution in [0.25, 0.3) is 0 Å². The van der Waals surface area contributed by atoms with Crippen LogP contribution < -0.4 is 10.2 Å². The molecule has 0 aromatic carbocycles. The van der Waals surface area contributed by atoms with Crippen molar-refractivity contribution >= 4 is 41.0 Å². The Bertz CT molecular complexity index is 701. The summed E-state index contributed by atoms with van der Waals surface area (Å²) < 4.78 is 9.96. The fourth-order valence-electron chi connectivity index (χ4n) is 3.49.